The number of amides is 1. The molecule has 0 saturated heterocycles. The number of hydrogen-bond donors (Lipinski definition) is 0. The molecule has 0 spiro atoms. The van der Waals surface area contributed by atoms with Crippen molar-refractivity contribution in [3.05, 3.63) is 63.7 Å². The number of hydrogen-bond acceptors (Lipinski definition) is 3. The fourth-order valence-corrected chi connectivity index (χ4v) is 4.99. The van der Waals surface area contributed by atoms with Gasteiger partial charge in [0.1, 0.15) is 0 Å². The third-order valence-electron chi connectivity index (χ3n) is 6.84. The molecule has 1 atom stereocenters. The van der Waals surface area contributed by atoms with E-state index in [1.165, 1.54) is 16.7 Å². The lowest BCUT2D eigenvalue weighted by atomic mass is 9.93. The maximum Gasteiger partial charge on any atom is 0.227 e. The summed E-state index contributed by atoms with van der Waals surface area (Å²) in [5.74, 6) is 0.443. The number of halogens is 2. The molecule has 2 aliphatic rings. The van der Waals surface area contributed by atoms with Gasteiger partial charge in [0, 0.05) is 42.6 Å². The summed E-state index contributed by atoms with van der Waals surface area (Å²) in [6.45, 7) is 3.93. The molecule has 2 aliphatic heterocycles. The molecule has 1 unspecified atom stereocenters. The SMILES string of the molecule is CC(CCCC(=O)c1cc2c3c(c1)CCN3C(=O)CC2)N(C)CCc1ccccc1Cl.Cl. The molecule has 0 saturated carbocycles. The van der Waals surface area contributed by atoms with Crippen molar-refractivity contribution in [3.8, 4) is 0 Å². The minimum absolute atomic E-state index is 0. The van der Waals surface area contributed by atoms with Crippen LogP contribution in [0.15, 0.2) is 36.4 Å². The van der Waals surface area contributed by atoms with Crippen LogP contribution in [0.2, 0.25) is 5.02 Å². The van der Waals surface area contributed by atoms with Crippen LogP contribution in [0.5, 0.6) is 0 Å². The van der Waals surface area contributed by atoms with Crippen LogP contribution in [-0.4, -0.2) is 42.8 Å². The van der Waals surface area contributed by atoms with Crippen LogP contribution in [0, 0.1) is 0 Å². The summed E-state index contributed by atoms with van der Waals surface area (Å²) in [6, 6.07) is 12.5. The zero-order valence-corrected chi connectivity index (χ0v) is 20.5. The van der Waals surface area contributed by atoms with Crippen LogP contribution in [-0.2, 0) is 24.1 Å². The minimum Gasteiger partial charge on any atom is -0.312 e. The Morgan fingerprint density at radius 1 is 1.16 bits per heavy atom. The molecule has 0 fully saturated rings. The van der Waals surface area contributed by atoms with Gasteiger partial charge < -0.3 is 9.80 Å². The standard InChI is InChI=1S/C26H31ClN2O2.ClH/c1-18(28(2)14-12-19-7-3-4-8-23(19)27)6-5-9-24(30)22-16-20-10-11-25(31)29-15-13-21(17-22)26(20)29;/h3-4,7-8,16-18H,5-6,9-15H2,1-2H3;1H. The Morgan fingerprint density at radius 2 is 1.88 bits per heavy atom. The molecule has 2 aromatic rings. The van der Waals surface area contributed by atoms with Crippen molar-refractivity contribution in [3.63, 3.8) is 0 Å². The summed E-state index contributed by atoms with van der Waals surface area (Å²) >= 11 is 6.26. The fourth-order valence-electron chi connectivity index (χ4n) is 4.76. The monoisotopic (exact) mass is 474 g/mol. The zero-order valence-electron chi connectivity index (χ0n) is 18.9. The van der Waals surface area contributed by atoms with Crippen LogP contribution >= 0.6 is 24.0 Å². The number of rotatable bonds is 9. The highest BCUT2D eigenvalue weighted by Gasteiger charge is 2.31. The van der Waals surface area contributed by atoms with Crippen molar-refractivity contribution in [2.24, 2.45) is 0 Å². The van der Waals surface area contributed by atoms with Gasteiger partial charge in [-0.3, -0.25) is 9.59 Å². The molecule has 1 amide bonds. The molecular formula is C26H32Cl2N2O2. The lowest BCUT2D eigenvalue weighted by molar-refractivity contribution is -0.118. The van der Waals surface area contributed by atoms with E-state index in [1.54, 1.807) is 0 Å². The predicted octanol–water partition coefficient (Wildman–Crippen LogP) is 5.51. The van der Waals surface area contributed by atoms with E-state index >= 15 is 0 Å². The molecule has 0 aliphatic carbocycles. The Kier molecular flexibility index (Phi) is 8.37. The van der Waals surface area contributed by atoms with E-state index in [4.69, 9.17) is 11.6 Å². The lowest BCUT2D eigenvalue weighted by Gasteiger charge is -2.26. The molecule has 2 aromatic carbocycles. The fraction of sp³-hybridized carbons (Fsp3) is 0.462. The second kappa shape index (κ2) is 10.8. The third-order valence-corrected chi connectivity index (χ3v) is 7.21. The third kappa shape index (κ3) is 5.36. The normalized spacial score (nSPS) is 15.5. The van der Waals surface area contributed by atoms with Crippen molar-refractivity contribution in [2.75, 3.05) is 25.0 Å². The van der Waals surface area contributed by atoms with Gasteiger partial charge in [0.2, 0.25) is 5.91 Å². The number of carbonyl (C=O) groups is 2. The Morgan fingerprint density at radius 3 is 2.62 bits per heavy atom. The van der Waals surface area contributed by atoms with Crippen LogP contribution < -0.4 is 4.90 Å². The molecule has 4 rings (SSSR count). The number of anilines is 1. The summed E-state index contributed by atoms with van der Waals surface area (Å²) in [4.78, 5) is 29.2. The molecule has 6 heteroatoms. The zero-order chi connectivity index (χ0) is 22.0. The van der Waals surface area contributed by atoms with E-state index in [0.717, 1.165) is 61.5 Å². The average Bonchev–Trinajstić information content (AvgIpc) is 3.20. The number of ketones is 1. The van der Waals surface area contributed by atoms with Gasteiger partial charge in [-0.1, -0.05) is 29.8 Å². The van der Waals surface area contributed by atoms with Crippen molar-refractivity contribution >= 4 is 41.4 Å². The van der Waals surface area contributed by atoms with Gasteiger partial charge in [0.05, 0.1) is 5.69 Å². The van der Waals surface area contributed by atoms with Crippen LogP contribution in [0.25, 0.3) is 0 Å². The summed E-state index contributed by atoms with van der Waals surface area (Å²) in [7, 11) is 2.14. The number of nitrogens with zero attached hydrogens (tertiary/aromatic N) is 2. The van der Waals surface area contributed by atoms with Crippen LogP contribution in [0.4, 0.5) is 5.69 Å². The van der Waals surface area contributed by atoms with E-state index < -0.39 is 0 Å². The molecule has 2 heterocycles. The average molecular weight is 475 g/mol. The van der Waals surface area contributed by atoms with Gasteiger partial charge in [-0.2, -0.15) is 0 Å². The second-order valence-electron chi connectivity index (χ2n) is 8.92. The highest BCUT2D eigenvalue weighted by molar-refractivity contribution is 6.31. The lowest BCUT2D eigenvalue weighted by Crippen LogP contribution is -2.32. The predicted molar refractivity (Wildman–Crippen MR) is 133 cm³/mol. The first-order valence-electron chi connectivity index (χ1n) is 11.4. The van der Waals surface area contributed by atoms with Gasteiger partial charge in [-0.15, -0.1) is 12.4 Å². The Bertz CT molecular complexity index is 992. The summed E-state index contributed by atoms with van der Waals surface area (Å²) in [5, 5.41) is 0.829. The Hall–Kier alpha value is -1.88. The van der Waals surface area contributed by atoms with Crippen molar-refractivity contribution in [1.82, 2.24) is 4.90 Å². The van der Waals surface area contributed by atoms with Gasteiger partial charge in [0.25, 0.3) is 0 Å². The molecule has 32 heavy (non-hydrogen) atoms. The molecule has 0 bridgehead atoms. The largest absolute Gasteiger partial charge is 0.312 e. The van der Waals surface area contributed by atoms with Gasteiger partial charge in [-0.05, 0) is 81.0 Å². The maximum atomic E-state index is 12.9. The van der Waals surface area contributed by atoms with E-state index in [2.05, 4.69) is 24.9 Å². The number of benzene rings is 2. The van der Waals surface area contributed by atoms with Crippen molar-refractivity contribution < 1.29 is 9.59 Å². The number of Topliss-reactive ketones (excluding diaryl/α,β-unsaturated/α-hetero) is 1. The Balaban J connectivity index is 0.00000289. The smallest absolute Gasteiger partial charge is 0.227 e. The quantitative estimate of drug-likeness (QED) is 0.449. The van der Waals surface area contributed by atoms with Gasteiger partial charge >= 0.3 is 0 Å². The molecule has 0 N–H and O–H groups in total. The topological polar surface area (TPSA) is 40.6 Å². The summed E-state index contributed by atoms with van der Waals surface area (Å²) in [6.07, 6.45) is 5.55. The van der Waals surface area contributed by atoms with Gasteiger partial charge in [0.15, 0.2) is 5.78 Å². The summed E-state index contributed by atoms with van der Waals surface area (Å²) < 4.78 is 0. The molecule has 0 radical (unpaired) electrons. The highest BCUT2D eigenvalue weighted by Crippen LogP contribution is 2.37. The molecular weight excluding hydrogens is 443 g/mol. The highest BCUT2D eigenvalue weighted by atomic mass is 35.5. The number of likely N-dealkylation sites (N-methyl/N-ethyl adjacent to an activating group) is 1. The van der Waals surface area contributed by atoms with Crippen molar-refractivity contribution in [1.29, 1.82) is 0 Å². The first-order valence-corrected chi connectivity index (χ1v) is 11.7. The van der Waals surface area contributed by atoms with E-state index in [0.29, 0.717) is 18.9 Å². The number of carbonyl (C=O) groups excluding carboxylic acids is 2. The second-order valence-corrected chi connectivity index (χ2v) is 9.33. The molecule has 0 aromatic heterocycles. The number of aryl methyl sites for hydroxylation is 1. The minimum atomic E-state index is 0. The molecule has 4 nitrogen and oxygen atoms in total. The van der Waals surface area contributed by atoms with E-state index in [1.807, 2.05) is 35.2 Å². The van der Waals surface area contributed by atoms with Crippen LogP contribution in [0.3, 0.4) is 0 Å². The van der Waals surface area contributed by atoms with Crippen LogP contribution in [0.1, 0.15) is 59.7 Å². The Labute approximate surface area is 202 Å². The van der Waals surface area contributed by atoms with E-state index in [9.17, 15) is 9.59 Å². The first kappa shape index (κ1) is 24.8. The maximum absolute atomic E-state index is 12.9. The van der Waals surface area contributed by atoms with E-state index in [-0.39, 0.29) is 24.1 Å². The van der Waals surface area contributed by atoms with Crippen molar-refractivity contribution in [2.45, 2.75) is 57.9 Å². The molecule has 172 valence electrons. The van der Waals surface area contributed by atoms with Gasteiger partial charge in [-0.25, -0.2) is 0 Å². The first-order chi connectivity index (χ1) is 14.9. The summed E-state index contributed by atoms with van der Waals surface area (Å²) in [5.41, 5.74) is 5.43.